The van der Waals surface area contributed by atoms with Crippen LogP contribution in [0, 0.1) is 0 Å². The van der Waals surface area contributed by atoms with Crippen LogP contribution in [-0.2, 0) is 20.9 Å². The highest BCUT2D eigenvalue weighted by atomic mass is 16.6. The van der Waals surface area contributed by atoms with Gasteiger partial charge in [-0.15, -0.1) is 0 Å². The Balaban J connectivity index is 1.34. The molecule has 1 saturated carbocycles. The summed E-state index contributed by atoms with van der Waals surface area (Å²) in [4.78, 5) is 19.2. The second-order valence-corrected chi connectivity index (χ2v) is 9.88. The SMILES string of the molecule is CN(C)CC(=O)O[C@H]1c2cc(OCc3ccc4ccccc4n3)ccc2OC[C@H]1OC1CCCCC1. The lowest BCUT2D eigenvalue weighted by atomic mass is 9.96. The van der Waals surface area contributed by atoms with E-state index in [4.69, 9.17) is 23.9 Å². The molecule has 1 aromatic heterocycles. The van der Waals surface area contributed by atoms with Gasteiger partial charge in [0.25, 0.3) is 0 Å². The molecule has 1 aliphatic heterocycles. The molecule has 0 N–H and O–H groups in total. The van der Waals surface area contributed by atoms with E-state index in [0.29, 0.717) is 24.7 Å². The summed E-state index contributed by atoms with van der Waals surface area (Å²) in [5.74, 6) is 1.07. The first-order chi connectivity index (χ1) is 17.5. The fourth-order valence-corrected chi connectivity index (χ4v) is 4.91. The van der Waals surface area contributed by atoms with Crippen LogP contribution in [0.25, 0.3) is 10.9 Å². The Hall–Kier alpha value is -3.16. The zero-order valence-corrected chi connectivity index (χ0v) is 21.0. The van der Waals surface area contributed by atoms with Gasteiger partial charge in [0, 0.05) is 10.9 Å². The summed E-state index contributed by atoms with van der Waals surface area (Å²) in [7, 11) is 3.70. The van der Waals surface area contributed by atoms with Gasteiger partial charge in [0.1, 0.15) is 30.8 Å². The predicted molar refractivity (Wildman–Crippen MR) is 137 cm³/mol. The molecule has 2 atom stereocenters. The molecule has 36 heavy (non-hydrogen) atoms. The average Bonchev–Trinajstić information content (AvgIpc) is 2.89. The number of hydrogen-bond acceptors (Lipinski definition) is 7. The summed E-state index contributed by atoms with van der Waals surface area (Å²) < 4.78 is 24.6. The number of para-hydroxylation sites is 1. The molecule has 1 fully saturated rings. The van der Waals surface area contributed by atoms with Crippen LogP contribution < -0.4 is 9.47 Å². The van der Waals surface area contributed by atoms with Crippen molar-refractivity contribution in [1.29, 1.82) is 0 Å². The molecule has 0 saturated heterocycles. The van der Waals surface area contributed by atoms with E-state index in [9.17, 15) is 4.79 Å². The lowest BCUT2D eigenvalue weighted by molar-refractivity contribution is -0.169. The maximum absolute atomic E-state index is 12.7. The third-order valence-electron chi connectivity index (χ3n) is 6.69. The third-order valence-corrected chi connectivity index (χ3v) is 6.69. The van der Waals surface area contributed by atoms with Gasteiger partial charge in [-0.25, -0.2) is 4.98 Å². The molecular weight excluding hydrogens is 456 g/mol. The number of carbonyl (C=O) groups excluding carboxylic acids is 1. The molecule has 7 nitrogen and oxygen atoms in total. The van der Waals surface area contributed by atoms with Crippen LogP contribution in [0.4, 0.5) is 0 Å². The minimum atomic E-state index is -0.550. The van der Waals surface area contributed by atoms with Crippen molar-refractivity contribution in [3.63, 3.8) is 0 Å². The largest absolute Gasteiger partial charge is 0.490 e. The second-order valence-electron chi connectivity index (χ2n) is 9.88. The van der Waals surface area contributed by atoms with Crippen molar-refractivity contribution in [2.75, 3.05) is 27.2 Å². The summed E-state index contributed by atoms with van der Waals surface area (Å²) in [6, 6.07) is 17.7. The minimum absolute atomic E-state index is 0.169. The first-order valence-corrected chi connectivity index (χ1v) is 12.8. The number of pyridine rings is 1. The van der Waals surface area contributed by atoms with E-state index in [2.05, 4.69) is 6.07 Å². The Kier molecular flexibility index (Phi) is 7.68. The Bertz CT molecular complexity index is 1190. The number of ether oxygens (including phenoxy) is 4. The molecule has 0 bridgehead atoms. The van der Waals surface area contributed by atoms with Crippen LogP contribution >= 0.6 is 0 Å². The van der Waals surface area contributed by atoms with Crippen LogP contribution in [0.1, 0.15) is 49.5 Å². The van der Waals surface area contributed by atoms with Gasteiger partial charge in [-0.05, 0) is 57.3 Å². The lowest BCUT2D eigenvalue weighted by Gasteiger charge is -2.36. The van der Waals surface area contributed by atoms with E-state index < -0.39 is 6.10 Å². The van der Waals surface area contributed by atoms with Crippen molar-refractivity contribution in [1.82, 2.24) is 9.88 Å². The highest BCUT2D eigenvalue weighted by molar-refractivity contribution is 5.78. The molecular formula is C29H34N2O5. The van der Waals surface area contributed by atoms with Crippen LogP contribution in [0.2, 0.25) is 0 Å². The molecule has 0 amide bonds. The number of rotatable bonds is 8. The maximum atomic E-state index is 12.7. The molecule has 5 rings (SSSR count). The Morgan fingerprint density at radius 2 is 1.89 bits per heavy atom. The number of fused-ring (bicyclic) bond motifs is 2. The Morgan fingerprint density at radius 3 is 2.72 bits per heavy atom. The van der Waals surface area contributed by atoms with Gasteiger partial charge in [0.15, 0.2) is 6.10 Å². The molecule has 2 aliphatic rings. The van der Waals surface area contributed by atoms with Crippen LogP contribution in [-0.4, -0.2) is 55.3 Å². The lowest BCUT2D eigenvalue weighted by Crippen LogP contribution is -2.40. The van der Waals surface area contributed by atoms with E-state index in [0.717, 1.165) is 35.0 Å². The van der Waals surface area contributed by atoms with Crippen molar-refractivity contribution < 1.29 is 23.7 Å². The van der Waals surface area contributed by atoms with Gasteiger partial charge in [-0.1, -0.05) is 43.5 Å². The van der Waals surface area contributed by atoms with Gasteiger partial charge in [-0.3, -0.25) is 9.69 Å². The van der Waals surface area contributed by atoms with E-state index in [1.54, 1.807) is 4.90 Å². The standard InChI is InChI=1S/C29H34N2O5/c1-31(2)17-28(32)36-29-24-16-23(33-18-21-13-12-20-8-6-7-11-25(20)30-21)14-15-26(24)34-19-27(29)35-22-9-4-3-5-10-22/h6-8,11-16,22,27,29H,3-5,9-10,17-19H2,1-2H3/t27-,29+/m1/s1. The quantitative estimate of drug-likeness (QED) is 0.408. The summed E-state index contributed by atoms with van der Waals surface area (Å²) in [5.41, 5.74) is 2.56. The van der Waals surface area contributed by atoms with Crippen molar-refractivity contribution in [2.24, 2.45) is 0 Å². The maximum Gasteiger partial charge on any atom is 0.320 e. The number of esters is 1. The van der Waals surface area contributed by atoms with Crippen LogP contribution in [0.3, 0.4) is 0 Å². The first-order valence-electron chi connectivity index (χ1n) is 12.8. The topological polar surface area (TPSA) is 70.1 Å². The van der Waals surface area contributed by atoms with E-state index in [1.807, 2.05) is 62.6 Å². The summed E-state index contributed by atoms with van der Waals surface area (Å²) in [5, 5.41) is 1.10. The summed E-state index contributed by atoms with van der Waals surface area (Å²) >= 11 is 0. The minimum Gasteiger partial charge on any atom is -0.490 e. The third kappa shape index (κ3) is 5.97. The number of hydrogen-bond donors (Lipinski definition) is 0. The van der Waals surface area contributed by atoms with E-state index in [1.165, 1.54) is 19.3 Å². The molecule has 0 radical (unpaired) electrons. The molecule has 2 heterocycles. The summed E-state index contributed by atoms with van der Waals surface area (Å²) in [6.07, 6.45) is 4.91. The van der Waals surface area contributed by atoms with Crippen molar-refractivity contribution in [3.8, 4) is 11.5 Å². The van der Waals surface area contributed by atoms with Crippen LogP contribution in [0.15, 0.2) is 54.6 Å². The van der Waals surface area contributed by atoms with Gasteiger partial charge in [0.05, 0.1) is 23.9 Å². The monoisotopic (exact) mass is 490 g/mol. The Labute approximate surface area is 212 Å². The van der Waals surface area contributed by atoms with Gasteiger partial charge < -0.3 is 18.9 Å². The highest BCUT2D eigenvalue weighted by Crippen LogP contribution is 2.40. The van der Waals surface area contributed by atoms with Gasteiger partial charge in [-0.2, -0.15) is 0 Å². The number of carbonyl (C=O) groups is 1. The molecule has 0 spiro atoms. The van der Waals surface area contributed by atoms with Gasteiger partial charge >= 0.3 is 5.97 Å². The fourth-order valence-electron chi connectivity index (χ4n) is 4.91. The first kappa shape index (κ1) is 24.5. The van der Waals surface area contributed by atoms with E-state index >= 15 is 0 Å². The number of nitrogens with zero attached hydrogens (tertiary/aromatic N) is 2. The average molecular weight is 491 g/mol. The van der Waals surface area contributed by atoms with Crippen molar-refractivity contribution in [3.05, 3.63) is 65.9 Å². The molecule has 190 valence electrons. The molecule has 0 unspecified atom stereocenters. The fraction of sp³-hybridized carbons (Fsp3) is 0.448. The predicted octanol–water partition coefficient (Wildman–Crippen LogP) is 5.07. The van der Waals surface area contributed by atoms with Gasteiger partial charge in [0.2, 0.25) is 0 Å². The number of aromatic nitrogens is 1. The normalized spacial score (nSPS) is 20.1. The number of benzene rings is 2. The molecule has 3 aromatic rings. The zero-order chi connectivity index (χ0) is 24.9. The summed E-state index contributed by atoms with van der Waals surface area (Å²) in [6.45, 7) is 0.884. The second kappa shape index (κ2) is 11.3. The van der Waals surface area contributed by atoms with Crippen molar-refractivity contribution in [2.45, 2.75) is 57.0 Å². The Morgan fingerprint density at radius 1 is 1.06 bits per heavy atom. The molecule has 1 aliphatic carbocycles. The van der Waals surface area contributed by atoms with E-state index in [-0.39, 0.29) is 24.7 Å². The highest BCUT2D eigenvalue weighted by Gasteiger charge is 2.37. The molecule has 2 aromatic carbocycles. The van der Waals surface area contributed by atoms with Crippen molar-refractivity contribution >= 4 is 16.9 Å². The van der Waals surface area contributed by atoms with Crippen LogP contribution in [0.5, 0.6) is 11.5 Å². The number of likely N-dealkylation sites (N-methyl/N-ethyl adjacent to an activating group) is 1. The zero-order valence-electron chi connectivity index (χ0n) is 21.0. The molecule has 7 heteroatoms. The smallest absolute Gasteiger partial charge is 0.320 e.